The molecule has 0 amide bonds. The van der Waals surface area contributed by atoms with Crippen LogP contribution < -0.4 is 19.6 Å². The van der Waals surface area contributed by atoms with Crippen molar-refractivity contribution in [2.24, 2.45) is 4.99 Å². The molecule has 226 valence electrons. The lowest BCUT2D eigenvalue weighted by Gasteiger charge is -2.26. The molecule has 1 aliphatic heterocycles. The van der Waals surface area contributed by atoms with E-state index in [0.29, 0.717) is 50.0 Å². The van der Waals surface area contributed by atoms with Gasteiger partial charge in [0.15, 0.2) is 10.6 Å². The highest BCUT2D eigenvalue weighted by atomic mass is 32.1. The predicted octanol–water partition coefficient (Wildman–Crippen LogP) is 5.80. The van der Waals surface area contributed by atoms with Crippen LogP contribution in [0.3, 0.4) is 0 Å². The molecule has 0 aliphatic carbocycles. The van der Waals surface area contributed by atoms with Gasteiger partial charge in [0.1, 0.15) is 17.3 Å². The quantitative estimate of drug-likeness (QED) is 0.153. The lowest BCUT2D eigenvalue weighted by molar-refractivity contribution is -0.138. The summed E-state index contributed by atoms with van der Waals surface area (Å²) in [5.74, 6) is 1.22. The Morgan fingerprint density at radius 2 is 1.64 bits per heavy atom. The molecule has 45 heavy (non-hydrogen) atoms. The molecule has 1 aliphatic rings. The van der Waals surface area contributed by atoms with Gasteiger partial charge in [-0.05, 0) is 50.6 Å². The summed E-state index contributed by atoms with van der Waals surface area (Å²) in [6, 6.07) is 26.8. The average Bonchev–Trinajstić information content (AvgIpc) is 3.65. The molecule has 5 aromatic rings. The van der Waals surface area contributed by atoms with Crippen LogP contribution in [0.25, 0.3) is 23.1 Å². The number of aromatic nitrogens is 1. The first-order chi connectivity index (χ1) is 21.9. The van der Waals surface area contributed by atoms with E-state index in [-0.39, 0.29) is 23.5 Å². The number of fused-ring (bicyclic) bond motifs is 1. The Balaban J connectivity index is 1.51. The second kappa shape index (κ2) is 12.8. The van der Waals surface area contributed by atoms with Crippen LogP contribution in [0.5, 0.6) is 5.75 Å². The Kier molecular flexibility index (Phi) is 8.44. The molecule has 0 spiro atoms. The fourth-order valence-corrected chi connectivity index (χ4v) is 6.23. The van der Waals surface area contributed by atoms with E-state index in [2.05, 4.69) is 0 Å². The second-order valence-corrected chi connectivity index (χ2v) is 11.3. The van der Waals surface area contributed by atoms with Crippen LogP contribution in [0, 0.1) is 0 Å². The molecule has 0 saturated heterocycles. The molecule has 0 bridgehead atoms. The van der Waals surface area contributed by atoms with Gasteiger partial charge < -0.3 is 13.9 Å². The molecule has 0 N–H and O–H groups in total. The van der Waals surface area contributed by atoms with Crippen molar-refractivity contribution in [1.29, 1.82) is 0 Å². The van der Waals surface area contributed by atoms with Crippen molar-refractivity contribution in [3.63, 3.8) is 0 Å². The molecule has 0 fully saturated rings. The fourth-order valence-electron chi connectivity index (χ4n) is 5.25. The largest absolute Gasteiger partial charge is 0.494 e. The normalized spacial score (nSPS) is 14.6. The number of thiazole rings is 1. The zero-order valence-corrected chi connectivity index (χ0v) is 25.8. The van der Waals surface area contributed by atoms with Crippen LogP contribution in [0.15, 0.2) is 111 Å². The van der Waals surface area contributed by atoms with Gasteiger partial charge in [0.2, 0.25) is 0 Å². The molecule has 3 aromatic carbocycles. The van der Waals surface area contributed by atoms with Gasteiger partial charge in [0.25, 0.3) is 5.56 Å². The van der Waals surface area contributed by atoms with Gasteiger partial charge in [0, 0.05) is 22.8 Å². The summed E-state index contributed by atoms with van der Waals surface area (Å²) in [6.07, 6.45) is 1.68. The summed E-state index contributed by atoms with van der Waals surface area (Å²) in [5, 5.41) is 0. The maximum Gasteiger partial charge on any atom is 0.338 e. The van der Waals surface area contributed by atoms with E-state index < -0.39 is 12.0 Å². The maximum absolute atomic E-state index is 14.1. The van der Waals surface area contributed by atoms with Gasteiger partial charge in [-0.15, -0.1) is 0 Å². The highest BCUT2D eigenvalue weighted by Gasteiger charge is 2.35. The zero-order chi connectivity index (χ0) is 31.5. The van der Waals surface area contributed by atoms with E-state index in [1.807, 2.05) is 79.7 Å². The molecule has 2 aromatic heterocycles. The number of carbonyl (C=O) groups is 2. The molecule has 3 heterocycles. The molecule has 9 heteroatoms. The topological polar surface area (TPSA) is 100 Å². The number of hydrogen-bond donors (Lipinski definition) is 0. The van der Waals surface area contributed by atoms with E-state index >= 15 is 0 Å². The standard InChI is InChI=1S/C36H30N2O6S/c1-4-42-27-17-15-26(16-18-27)33-31(35(41)43-5-2)32(25-9-7-6-8-10-25)37-36-38(33)34(40)30(45-36)21-28-19-20-29(44-28)24-13-11-23(12-14-24)22(3)39/h6-21,33H,4-5H2,1-3H3/b30-21-/t33-/m0/s1. The Morgan fingerprint density at radius 1 is 0.911 bits per heavy atom. The number of hydrogen-bond acceptors (Lipinski definition) is 8. The second-order valence-electron chi connectivity index (χ2n) is 10.3. The van der Waals surface area contributed by atoms with E-state index in [1.54, 1.807) is 35.8 Å². The lowest BCUT2D eigenvalue weighted by Crippen LogP contribution is -2.40. The van der Waals surface area contributed by atoms with Crippen LogP contribution in [0.2, 0.25) is 0 Å². The highest BCUT2D eigenvalue weighted by molar-refractivity contribution is 7.07. The van der Waals surface area contributed by atoms with Gasteiger partial charge in [0.05, 0.1) is 35.1 Å². The number of carbonyl (C=O) groups excluding carboxylic acids is 2. The smallest absolute Gasteiger partial charge is 0.338 e. The number of rotatable bonds is 9. The Labute approximate surface area is 263 Å². The van der Waals surface area contributed by atoms with Gasteiger partial charge in [-0.3, -0.25) is 14.2 Å². The van der Waals surface area contributed by atoms with Crippen LogP contribution in [0.1, 0.15) is 54.1 Å². The third kappa shape index (κ3) is 5.94. The van der Waals surface area contributed by atoms with Crippen molar-refractivity contribution in [1.82, 2.24) is 4.57 Å². The summed E-state index contributed by atoms with van der Waals surface area (Å²) in [5.41, 5.74) is 3.30. The molecular formula is C36H30N2O6S. The third-order valence-electron chi connectivity index (χ3n) is 7.36. The van der Waals surface area contributed by atoms with E-state index in [0.717, 1.165) is 11.1 Å². The zero-order valence-electron chi connectivity index (χ0n) is 25.0. The van der Waals surface area contributed by atoms with Gasteiger partial charge in [-0.2, -0.15) is 0 Å². The van der Waals surface area contributed by atoms with Crippen molar-refractivity contribution in [2.75, 3.05) is 13.2 Å². The van der Waals surface area contributed by atoms with Crippen LogP contribution in [-0.2, 0) is 9.53 Å². The molecule has 6 rings (SSSR count). The first-order valence-electron chi connectivity index (χ1n) is 14.6. The van der Waals surface area contributed by atoms with Crippen molar-refractivity contribution < 1.29 is 23.5 Å². The number of nitrogens with zero attached hydrogens (tertiary/aromatic N) is 2. The average molecular weight is 619 g/mol. The number of benzene rings is 3. The van der Waals surface area contributed by atoms with Gasteiger partial charge in [-0.25, -0.2) is 9.79 Å². The van der Waals surface area contributed by atoms with Gasteiger partial charge in [-0.1, -0.05) is 78.1 Å². The van der Waals surface area contributed by atoms with Gasteiger partial charge >= 0.3 is 5.97 Å². The van der Waals surface area contributed by atoms with Crippen molar-refractivity contribution >= 4 is 34.9 Å². The molecule has 0 saturated carbocycles. The third-order valence-corrected chi connectivity index (χ3v) is 8.34. The molecular weight excluding hydrogens is 588 g/mol. The minimum atomic E-state index is -0.791. The van der Waals surface area contributed by atoms with E-state index in [1.165, 1.54) is 18.3 Å². The first kappa shape index (κ1) is 29.8. The lowest BCUT2D eigenvalue weighted by atomic mass is 9.93. The summed E-state index contributed by atoms with van der Waals surface area (Å²) < 4.78 is 19.2. The van der Waals surface area contributed by atoms with Crippen LogP contribution >= 0.6 is 11.3 Å². The minimum Gasteiger partial charge on any atom is -0.494 e. The Morgan fingerprint density at radius 3 is 2.31 bits per heavy atom. The number of esters is 1. The fraction of sp³-hybridized carbons (Fsp3) is 0.167. The number of ether oxygens (including phenoxy) is 2. The summed E-state index contributed by atoms with van der Waals surface area (Å²) in [4.78, 5) is 44.7. The predicted molar refractivity (Wildman–Crippen MR) is 173 cm³/mol. The van der Waals surface area contributed by atoms with Crippen molar-refractivity contribution in [2.45, 2.75) is 26.8 Å². The number of Topliss-reactive ketones (excluding diaryl/α,β-unsaturated/α-hetero) is 1. The molecule has 1 atom stereocenters. The SMILES string of the molecule is CCOC(=O)C1=C(c2ccccc2)N=c2s/c(=C\c3ccc(-c4ccc(C(C)=O)cc4)o3)c(=O)n2[C@H]1c1ccc(OCC)cc1. The van der Waals surface area contributed by atoms with E-state index in [9.17, 15) is 14.4 Å². The number of furan rings is 1. The Hall–Kier alpha value is -5.28. The summed E-state index contributed by atoms with van der Waals surface area (Å²) in [7, 11) is 0. The minimum absolute atomic E-state index is 0.0119. The monoisotopic (exact) mass is 618 g/mol. The van der Waals surface area contributed by atoms with Crippen molar-refractivity contribution in [3.05, 3.63) is 139 Å². The summed E-state index contributed by atoms with van der Waals surface area (Å²) in [6.45, 7) is 5.86. The Bertz CT molecular complexity index is 2090. The van der Waals surface area contributed by atoms with E-state index in [4.69, 9.17) is 18.9 Å². The molecule has 0 radical (unpaired) electrons. The maximum atomic E-state index is 14.1. The van der Waals surface area contributed by atoms with Crippen LogP contribution in [-0.4, -0.2) is 29.5 Å². The number of ketones is 1. The first-order valence-corrected chi connectivity index (χ1v) is 15.4. The highest BCUT2D eigenvalue weighted by Crippen LogP contribution is 2.35. The van der Waals surface area contributed by atoms with Crippen molar-refractivity contribution in [3.8, 4) is 17.1 Å². The molecule has 8 nitrogen and oxygen atoms in total. The van der Waals surface area contributed by atoms with Crippen LogP contribution in [0.4, 0.5) is 0 Å². The molecule has 0 unspecified atom stereocenters. The summed E-state index contributed by atoms with van der Waals surface area (Å²) >= 11 is 1.22.